The van der Waals surface area contributed by atoms with E-state index in [1.54, 1.807) is 11.3 Å². The minimum atomic E-state index is 0.108. The van der Waals surface area contributed by atoms with Gasteiger partial charge >= 0.3 is 0 Å². The molecule has 1 heterocycles. The molecule has 1 aliphatic carbocycles. The van der Waals surface area contributed by atoms with E-state index in [1.807, 2.05) is 0 Å². The number of aliphatic hydroxyl groups excluding tert-OH is 1. The van der Waals surface area contributed by atoms with E-state index in [2.05, 4.69) is 34.3 Å². The summed E-state index contributed by atoms with van der Waals surface area (Å²) in [5, 5.41) is 11.4. The lowest BCUT2D eigenvalue weighted by Gasteiger charge is -2.09. The zero-order chi connectivity index (χ0) is 8.77. The van der Waals surface area contributed by atoms with E-state index in [0.29, 0.717) is 12.5 Å². The summed E-state index contributed by atoms with van der Waals surface area (Å²) < 4.78 is 1.13. The van der Waals surface area contributed by atoms with Gasteiger partial charge in [0.15, 0.2) is 0 Å². The Labute approximate surface area is 84.6 Å². The second kappa shape index (κ2) is 2.82. The topological polar surface area (TPSA) is 20.2 Å². The Morgan fingerprint density at radius 1 is 1.83 bits per heavy atom. The van der Waals surface area contributed by atoms with E-state index in [9.17, 15) is 5.11 Å². The highest BCUT2D eigenvalue weighted by Crippen LogP contribution is 2.55. The zero-order valence-corrected chi connectivity index (χ0v) is 9.28. The number of thiophene rings is 1. The van der Waals surface area contributed by atoms with Gasteiger partial charge in [-0.15, -0.1) is 11.3 Å². The smallest absolute Gasteiger partial charge is 0.0538 e. The van der Waals surface area contributed by atoms with Gasteiger partial charge in [-0.2, -0.15) is 0 Å². The number of hydrogen-bond donors (Lipinski definition) is 1. The highest BCUT2D eigenvalue weighted by Gasteiger charge is 2.52. The van der Waals surface area contributed by atoms with Crippen molar-refractivity contribution in [1.82, 2.24) is 0 Å². The molecular formula is C9H11BrOS. The molecule has 2 rings (SSSR count). The summed E-state index contributed by atoms with van der Waals surface area (Å²) in [4.78, 5) is 1.32. The summed E-state index contributed by atoms with van der Waals surface area (Å²) in [5.74, 6) is 0.646. The van der Waals surface area contributed by atoms with Crippen molar-refractivity contribution in [3.05, 3.63) is 20.8 Å². The van der Waals surface area contributed by atoms with Gasteiger partial charge in [-0.1, -0.05) is 6.92 Å². The molecule has 1 fully saturated rings. The number of aliphatic hydroxyl groups is 1. The number of halogens is 1. The maximum absolute atomic E-state index is 9.28. The molecule has 0 radical (unpaired) electrons. The van der Waals surface area contributed by atoms with Gasteiger partial charge in [0.05, 0.1) is 6.61 Å². The normalized spacial score (nSPS) is 33.8. The Hall–Kier alpha value is 0.140. The van der Waals surface area contributed by atoms with Crippen LogP contribution in [0.3, 0.4) is 0 Å². The van der Waals surface area contributed by atoms with Gasteiger partial charge in [0.1, 0.15) is 0 Å². The second-order valence-corrected chi connectivity index (χ2v) is 5.38. The van der Waals surface area contributed by atoms with Crippen LogP contribution in [-0.2, 0) is 5.41 Å². The minimum Gasteiger partial charge on any atom is -0.395 e. The van der Waals surface area contributed by atoms with E-state index in [-0.39, 0.29) is 5.41 Å². The van der Waals surface area contributed by atoms with Crippen molar-refractivity contribution in [3.63, 3.8) is 0 Å². The predicted molar refractivity (Wildman–Crippen MR) is 54.6 cm³/mol. The fourth-order valence-electron chi connectivity index (χ4n) is 1.70. The maximum atomic E-state index is 9.28. The van der Waals surface area contributed by atoms with Crippen LogP contribution in [0, 0.1) is 5.92 Å². The molecule has 2 unspecified atom stereocenters. The molecule has 2 atom stereocenters. The highest BCUT2D eigenvalue weighted by molar-refractivity contribution is 9.10. The highest BCUT2D eigenvalue weighted by atomic mass is 79.9. The molecule has 12 heavy (non-hydrogen) atoms. The van der Waals surface area contributed by atoms with E-state index in [4.69, 9.17) is 0 Å². The third kappa shape index (κ3) is 1.15. The van der Waals surface area contributed by atoms with Gasteiger partial charge in [0.25, 0.3) is 0 Å². The third-order valence-electron chi connectivity index (χ3n) is 2.79. The molecule has 0 bridgehead atoms. The van der Waals surface area contributed by atoms with Crippen molar-refractivity contribution >= 4 is 27.3 Å². The van der Waals surface area contributed by atoms with Crippen LogP contribution in [0.25, 0.3) is 0 Å². The van der Waals surface area contributed by atoms with Gasteiger partial charge in [-0.25, -0.2) is 0 Å². The lowest BCUT2D eigenvalue weighted by atomic mass is 10.0. The molecule has 0 spiro atoms. The third-order valence-corrected chi connectivity index (χ3v) is 4.70. The first-order valence-electron chi connectivity index (χ1n) is 4.04. The van der Waals surface area contributed by atoms with Crippen molar-refractivity contribution in [2.45, 2.75) is 18.8 Å². The maximum Gasteiger partial charge on any atom is 0.0538 e. The van der Waals surface area contributed by atoms with Gasteiger partial charge < -0.3 is 5.11 Å². The molecule has 1 aliphatic rings. The molecule has 66 valence electrons. The van der Waals surface area contributed by atoms with Crippen molar-refractivity contribution in [2.24, 2.45) is 5.92 Å². The second-order valence-electron chi connectivity index (χ2n) is 3.55. The fraction of sp³-hybridized carbons (Fsp3) is 0.556. The molecule has 1 aromatic heterocycles. The van der Waals surface area contributed by atoms with Crippen LogP contribution in [0.4, 0.5) is 0 Å². The monoisotopic (exact) mass is 246 g/mol. The molecule has 1 nitrogen and oxygen atoms in total. The molecule has 3 heteroatoms. The van der Waals surface area contributed by atoms with E-state index in [1.165, 1.54) is 4.88 Å². The van der Waals surface area contributed by atoms with Crippen LogP contribution < -0.4 is 0 Å². The van der Waals surface area contributed by atoms with Gasteiger partial charge in [-0.05, 0) is 34.3 Å². The number of rotatable bonds is 2. The Morgan fingerprint density at radius 2 is 2.50 bits per heavy atom. The summed E-state index contributed by atoms with van der Waals surface area (Å²) in [7, 11) is 0. The average Bonchev–Trinajstić information content (AvgIpc) is 2.50. The largest absolute Gasteiger partial charge is 0.395 e. The standard InChI is InChI=1S/C9H11BrOS/c1-6-3-9(6,5-11)8-2-7(10)4-12-8/h2,4,6,11H,3,5H2,1H3. The lowest BCUT2D eigenvalue weighted by molar-refractivity contribution is 0.249. The molecule has 1 aromatic rings. The molecule has 1 saturated carbocycles. The van der Waals surface area contributed by atoms with Crippen LogP contribution in [-0.4, -0.2) is 11.7 Å². The minimum absolute atomic E-state index is 0.108. The van der Waals surface area contributed by atoms with Crippen molar-refractivity contribution in [2.75, 3.05) is 6.61 Å². The van der Waals surface area contributed by atoms with E-state index in [0.717, 1.165) is 10.9 Å². The summed E-state index contributed by atoms with van der Waals surface area (Å²) in [6.45, 7) is 2.49. The Balaban J connectivity index is 2.30. The first-order chi connectivity index (χ1) is 5.69. The quantitative estimate of drug-likeness (QED) is 0.852. The molecular weight excluding hydrogens is 236 g/mol. The summed E-state index contributed by atoms with van der Waals surface area (Å²) >= 11 is 5.17. The van der Waals surface area contributed by atoms with E-state index >= 15 is 0 Å². The zero-order valence-electron chi connectivity index (χ0n) is 6.88. The molecule has 0 aromatic carbocycles. The van der Waals surface area contributed by atoms with Crippen LogP contribution in [0.15, 0.2) is 15.9 Å². The van der Waals surface area contributed by atoms with E-state index < -0.39 is 0 Å². The fourth-order valence-corrected chi connectivity index (χ4v) is 3.45. The molecule has 0 saturated heterocycles. The molecule has 1 N–H and O–H groups in total. The Kier molecular flexibility index (Phi) is 2.05. The summed E-state index contributed by atoms with van der Waals surface area (Å²) in [6.07, 6.45) is 1.14. The van der Waals surface area contributed by atoms with Gasteiger partial charge in [0, 0.05) is 20.1 Å². The van der Waals surface area contributed by atoms with Crippen molar-refractivity contribution < 1.29 is 5.11 Å². The van der Waals surface area contributed by atoms with Crippen LogP contribution >= 0.6 is 27.3 Å². The lowest BCUT2D eigenvalue weighted by Crippen LogP contribution is -2.12. The Bertz CT molecular complexity index is 292. The average molecular weight is 247 g/mol. The van der Waals surface area contributed by atoms with Crippen LogP contribution in [0.1, 0.15) is 18.2 Å². The van der Waals surface area contributed by atoms with Gasteiger partial charge in [0.2, 0.25) is 0 Å². The summed E-state index contributed by atoms with van der Waals surface area (Å²) in [6, 6.07) is 2.13. The van der Waals surface area contributed by atoms with Crippen molar-refractivity contribution in [3.8, 4) is 0 Å². The van der Waals surface area contributed by atoms with Crippen molar-refractivity contribution in [1.29, 1.82) is 0 Å². The van der Waals surface area contributed by atoms with Crippen LogP contribution in [0.2, 0.25) is 0 Å². The first-order valence-corrected chi connectivity index (χ1v) is 5.72. The van der Waals surface area contributed by atoms with Gasteiger partial charge in [-0.3, -0.25) is 0 Å². The summed E-state index contributed by atoms with van der Waals surface area (Å²) in [5.41, 5.74) is 0.108. The molecule has 0 aliphatic heterocycles. The molecule has 0 amide bonds. The van der Waals surface area contributed by atoms with Crippen LogP contribution in [0.5, 0.6) is 0 Å². The predicted octanol–water partition coefficient (Wildman–Crippen LogP) is 2.78. The number of hydrogen-bond acceptors (Lipinski definition) is 2. The SMILES string of the molecule is CC1CC1(CO)c1cc(Br)cs1. The first kappa shape index (κ1) is 8.73. The Morgan fingerprint density at radius 3 is 2.83 bits per heavy atom.